The minimum absolute atomic E-state index is 0.134. The number of amides is 2. The summed E-state index contributed by atoms with van der Waals surface area (Å²) in [6, 6.07) is 3.50. The number of hydrogen-bond donors (Lipinski definition) is 0. The van der Waals surface area contributed by atoms with Crippen molar-refractivity contribution in [3.05, 3.63) is 22.4 Å². The molecule has 1 aromatic rings. The normalized spacial score (nSPS) is 26.6. The second-order valence-electron chi connectivity index (χ2n) is 5.92. The molecule has 3 heterocycles. The van der Waals surface area contributed by atoms with Crippen LogP contribution in [0.2, 0.25) is 0 Å². The number of piperazine rings is 1. The van der Waals surface area contributed by atoms with Crippen LogP contribution in [0.5, 0.6) is 0 Å². The van der Waals surface area contributed by atoms with Crippen LogP contribution >= 0.6 is 11.3 Å². The Kier molecular flexibility index (Phi) is 3.54. The molecule has 2 saturated heterocycles. The zero-order chi connectivity index (χ0) is 14.3. The highest BCUT2D eigenvalue weighted by Crippen LogP contribution is 2.31. The number of nitrogens with zero attached hydrogens (tertiary/aromatic N) is 2. The Morgan fingerprint density at radius 1 is 1.35 bits per heavy atom. The van der Waals surface area contributed by atoms with Gasteiger partial charge >= 0.3 is 0 Å². The SMILES string of the molecule is CC(C)C1C(=O)N2CCCC2C(=O)N1Cc1cccs1. The first kappa shape index (κ1) is 13.6. The third-order valence-corrected chi connectivity index (χ3v) is 5.09. The summed E-state index contributed by atoms with van der Waals surface area (Å²) in [6.45, 7) is 5.35. The van der Waals surface area contributed by atoms with Crippen LogP contribution in [-0.2, 0) is 16.1 Å². The van der Waals surface area contributed by atoms with E-state index in [0.29, 0.717) is 6.54 Å². The summed E-state index contributed by atoms with van der Waals surface area (Å²) in [5.74, 6) is 0.417. The Labute approximate surface area is 123 Å². The third kappa shape index (κ3) is 2.14. The molecule has 2 atom stereocenters. The van der Waals surface area contributed by atoms with E-state index in [1.54, 1.807) is 16.2 Å². The molecule has 2 amide bonds. The van der Waals surface area contributed by atoms with E-state index >= 15 is 0 Å². The van der Waals surface area contributed by atoms with Gasteiger partial charge in [0.2, 0.25) is 11.8 Å². The molecule has 5 heteroatoms. The van der Waals surface area contributed by atoms with Crippen molar-refractivity contribution in [3.63, 3.8) is 0 Å². The molecule has 4 nitrogen and oxygen atoms in total. The Balaban J connectivity index is 1.91. The van der Waals surface area contributed by atoms with Crippen LogP contribution in [0.1, 0.15) is 31.6 Å². The summed E-state index contributed by atoms with van der Waals surface area (Å²) >= 11 is 1.64. The van der Waals surface area contributed by atoms with E-state index in [2.05, 4.69) is 0 Å². The Bertz CT molecular complexity index is 512. The number of hydrogen-bond acceptors (Lipinski definition) is 3. The Morgan fingerprint density at radius 3 is 2.80 bits per heavy atom. The van der Waals surface area contributed by atoms with Crippen molar-refractivity contribution in [2.24, 2.45) is 5.92 Å². The predicted molar refractivity (Wildman–Crippen MR) is 78.2 cm³/mol. The van der Waals surface area contributed by atoms with Crippen LogP contribution in [-0.4, -0.2) is 40.2 Å². The highest BCUT2D eigenvalue weighted by atomic mass is 32.1. The van der Waals surface area contributed by atoms with Gasteiger partial charge in [-0.25, -0.2) is 0 Å². The fourth-order valence-corrected chi connectivity index (χ4v) is 4.01. The summed E-state index contributed by atoms with van der Waals surface area (Å²) in [7, 11) is 0. The van der Waals surface area contributed by atoms with Gasteiger partial charge in [0.15, 0.2) is 0 Å². The molecule has 108 valence electrons. The fraction of sp³-hybridized carbons (Fsp3) is 0.600. The summed E-state index contributed by atoms with van der Waals surface area (Å²) in [6.07, 6.45) is 1.76. The van der Waals surface area contributed by atoms with E-state index in [-0.39, 0.29) is 29.8 Å². The summed E-state index contributed by atoms with van der Waals surface area (Å²) in [4.78, 5) is 30.2. The van der Waals surface area contributed by atoms with E-state index in [0.717, 1.165) is 24.3 Å². The molecule has 20 heavy (non-hydrogen) atoms. The molecule has 0 bridgehead atoms. The number of carbonyl (C=O) groups excluding carboxylic acids is 2. The Morgan fingerprint density at radius 2 is 2.15 bits per heavy atom. The molecule has 0 spiro atoms. The van der Waals surface area contributed by atoms with Gasteiger partial charge in [-0.1, -0.05) is 19.9 Å². The van der Waals surface area contributed by atoms with E-state index < -0.39 is 0 Å². The second-order valence-corrected chi connectivity index (χ2v) is 6.96. The average Bonchev–Trinajstić information content (AvgIpc) is 3.06. The average molecular weight is 292 g/mol. The van der Waals surface area contributed by atoms with Crippen LogP contribution in [0.3, 0.4) is 0 Å². The van der Waals surface area contributed by atoms with Crippen LogP contribution in [0.4, 0.5) is 0 Å². The van der Waals surface area contributed by atoms with Gasteiger partial charge in [0.05, 0.1) is 6.54 Å². The Hall–Kier alpha value is -1.36. The molecule has 0 aromatic carbocycles. The maximum absolute atomic E-state index is 12.7. The zero-order valence-corrected chi connectivity index (χ0v) is 12.7. The quantitative estimate of drug-likeness (QED) is 0.856. The van der Waals surface area contributed by atoms with E-state index in [9.17, 15) is 9.59 Å². The van der Waals surface area contributed by atoms with Gasteiger partial charge in [-0.15, -0.1) is 11.3 Å². The van der Waals surface area contributed by atoms with Crippen LogP contribution in [0.25, 0.3) is 0 Å². The molecule has 3 rings (SSSR count). The fourth-order valence-electron chi connectivity index (χ4n) is 3.31. The van der Waals surface area contributed by atoms with Crippen molar-refractivity contribution in [1.29, 1.82) is 0 Å². The molecular weight excluding hydrogens is 272 g/mol. The summed E-state index contributed by atoms with van der Waals surface area (Å²) < 4.78 is 0. The van der Waals surface area contributed by atoms with E-state index in [1.165, 1.54) is 0 Å². The molecule has 2 aliphatic rings. The van der Waals surface area contributed by atoms with Gasteiger partial charge in [-0.3, -0.25) is 9.59 Å². The number of rotatable bonds is 3. The molecular formula is C15H20N2O2S. The van der Waals surface area contributed by atoms with Gasteiger partial charge in [0.1, 0.15) is 12.1 Å². The number of fused-ring (bicyclic) bond motifs is 1. The maximum atomic E-state index is 12.7. The molecule has 2 unspecified atom stereocenters. The van der Waals surface area contributed by atoms with Crippen molar-refractivity contribution in [2.75, 3.05) is 6.54 Å². The molecule has 0 N–H and O–H groups in total. The topological polar surface area (TPSA) is 40.6 Å². The van der Waals surface area contributed by atoms with E-state index in [1.807, 2.05) is 36.3 Å². The lowest BCUT2D eigenvalue weighted by Gasteiger charge is -2.43. The van der Waals surface area contributed by atoms with Crippen LogP contribution in [0.15, 0.2) is 17.5 Å². The second kappa shape index (κ2) is 5.20. The van der Waals surface area contributed by atoms with Crippen molar-refractivity contribution >= 4 is 23.2 Å². The number of thiophene rings is 1. The first-order valence-electron chi connectivity index (χ1n) is 7.23. The van der Waals surface area contributed by atoms with E-state index in [4.69, 9.17) is 0 Å². The third-order valence-electron chi connectivity index (χ3n) is 4.23. The molecule has 0 aliphatic carbocycles. The lowest BCUT2D eigenvalue weighted by Crippen LogP contribution is -2.63. The van der Waals surface area contributed by atoms with Gasteiger partial charge in [0, 0.05) is 11.4 Å². The maximum Gasteiger partial charge on any atom is 0.246 e. The zero-order valence-electron chi connectivity index (χ0n) is 11.9. The van der Waals surface area contributed by atoms with Crippen molar-refractivity contribution in [2.45, 2.75) is 45.3 Å². The molecule has 0 radical (unpaired) electrons. The molecule has 1 aromatic heterocycles. The van der Waals surface area contributed by atoms with Crippen LogP contribution < -0.4 is 0 Å². The minimum atomic E-state index is -0.307. The predicted octanol–water partition coefficient (Wildman–Crippen LogP) is 2.11. The molecule has 0 saturated carbocycles. The van der Waals surface area contributed by atoms with Gasteiger partial charge < -0.3 is 9.80 Å². The lowest BCUT2D eigenvalue weighted by molar-refractivity contribution is -0.162. The first-order valence-corrected chi connectivity index (χ1v) is 8.11. The molecule has 2 aliphatic heterocycles. The summed E-state index contributed by atoms with van der Waals surface area (Å²) in [5, 5.41) is 2.01. The van der Waals surface area contributed by atoms with Gasteiger partial charge in [-0.05, 0) is 30.2 Å². The standard InChI is InChI=1S/C15H20N2O2S/c1-10(2)13-15(19)16-7-3-6-12(16)14(18)17(13)9-11-5-4-8-20-11/h4-5,8,10,12-13H,3,6-7,9H2,1-2H3. The van der Waals surface area contributed by atoms with Crippen molar-refractivity contribution < 1.29 is 9.59 Å². The van der Waals surface area contributed by atoms with Gasteiger partial charge in [0.25, 0.3) is 0 Å². The largest absolute Gasteiger partial charge is 0.329 e. The lowest BCUT2D eigenvalue weighted by atomic mass is 9.96. The highest BCUT2D eigenvalue weighted by molar-refractivity contribution is 7.09. The van der Waals surface area contributed by atoms with Crippen molar-refractivity contribution in [1.82, 2.24) is 9.80 Å². The summed E-state index contributed by atoms with van der Waals surface area (Å²) in [5.41, 5.74) is 0. The highest BCUT2D eigenvalue weighted by Gasteiger charge is 2.48. The minimum Gasteiger partial charge on any atom is -0.329 e. The first-order chi connectivity index (χ1) is 9.59. The smallest absolute Gasteiger partial charge is 0.246 e. The van der Waals surface area contributed by atoms with Gasteiger partial charge in [-0.2, -0.15) is 0 Å². The molecule has 2 fully saturated rings. The number of carbonyl (C=O) groups is 2. The van der Waals surface area contributed by atoms with Crippen molar-refractivity contribution in [3.8, 4) is 0 Å². The monoisotopic (exact) mass is 292 g/mol. The van der Waals surface area contributed by atoms with Crippen LogP contribution in [0, 0.1) is 5.92 Å².